The number of hydrogen-bond acceptors (Lipinski definition) is 5. The molecule has 3 aliphatic heterocycles. The number of rotatable bonds is 10. The fourth-order valence-electron chi connectivity index (χ4n) is 6.15. The maximum atomic E-state index is 14.8. The van der Waals surface area contributed by atoms with Crippen LogP contribution >= 0.6 is 11.6 Å². The zero-order valence-corrected chi connectivity index (χ0v) is 24.0. The zero-order valence-electron chi connectivity index (χ0n) is 23.2. The first-order valence-corrected chi connectivity index (χ1v) is 14.6. The Balaban J connectivity index is 1.21. The maximum absolute atomic E-state index is 14.8. The summed E-state index contributed by atoms with van der Waals surface area (Å²) in [5.74, 6) is 0.00599. The summed E-state index contributed by atoms with van der Waals surface area (Å²) in [6.07, 6.45) is 8.73. The largest absolute Gasteiger partial charge is 0.482 e. The second-order valence-corrected chi connectivity index (χ2v) is 11.6. The number of fused-ring (bicyclic) bond motifs is 1. The van der Waals surface area contributed by atoms with Crippen LogP contribution in [-0.4, -0.2) is 66.3 Å². The average Bonchev–Trinajstić information content (AvgIpc) is 3.26. The van der Waals surface area contributed by atoms with E-state index >= 15 is 0 Å². The van der Waals surface area contributed by atoms with Gasteiger partial charge in [-0.1, -0.05) is 41.9 Å². The summed E-state index contributed by atoms with van der Waals surface area (Å²) in [6, 6.07) is 11.2. The molecule has 2 saturated heterocycles. The minimum Gasteiger partial charge on any atom is -0.482 e. The van der Waals surface area contributed by atoms with E-state index in [1.165, 1.54) is 17.7 Å². The van der Waals surface area contributed by atoms with Gasteiger partial charge in [-0.05, 0) is 81.5 Å². The van der Waals surface area contributed by atoms with Crippen molar-refractivity contribution in [3.8, 4) is 5.75 Å². The van der Waals surface area contributed by atoms with Gasteiger partial charge in [0.05, 0.1) is 6.10 Å². The van der Waals surface area contributed by atoms with Crippen LogP contribution in [0.5, 0.6) is 5.75 Å². The molecule has 40 heavy (non-hydrogen) atoms. The van der Waals surface area contributed by atoms with Gasteiger partial charge in [0.15, 0.2) is 0 Å². The van der Waals surface area contributed by atoms with E-state index in [9.17, 15) is 9.18 Å². The van der Waals surface area contributed by atoms with Crippen LogP contribution < -0.4 is 4.74 Å². The molecule has 3 aliphatic rings. The summed E-state index contributed by atoms with van der Waals surface area (Å²) < 4.78 is 27.0. The molecule has 1 N–H and O–H groups in total. The number of allylic oxidation sites excluding steroid dienone is 2. The average molecular weight is 569 g/mol. The number of carbonyl (C=O) groups is 1. The summed E-state index contributed by atoms with van der Waals surface area (Å²) in [6.45, 7) is 9.11. The standard InChI is InChI=1S/C32H38ClFN2O4/c1-3-25(8-10-30(37)38)36(21-26-13-18-39-26)17-16-35-14-11-22(12-15-35)27-6-4-5-23-20-32(2,40-31(23)27)28-9-7-24(33)19-29(28)34/h3-10,19,22,26H,11-18,20-21H2,1-2H3,(H,37,38)/b10-8+,25-3+/t26-,32?/m0/s1. The number of carboxylic acids is 1. The number of aliphatic carboxylic acids is 1. The number of carboxylic acid groups (broad SMARTS) is 1. The van der Waals surface area contributed by atoms with Crippen molar-refractivity contribution in [3.05, 3.63) is 87.9 Å². The lowest BCUT2D eigenvalue weighted by atomic mass is 9.86. The van der Waals surface area contributed by atoms with Gasteiger partial charge in [0.2, 0.25) is 0 Å². The highest BCUT2D eigenvalue weighted by Gasteiger charge is 2.40. The molecule has 0 aromatic heterocycles. The molecule has 2 atom stereocenters. The summed E-state index contributed by atoms with van der Waals surface area (Å²) >= 11 is 6.00. The van der Waals surface area contributed by atoms with E-state index in [1.807, 2.05) is 19.9 Å². The molecule has 0 saturated carbocycles. The molecular weight excluding hydrogens is 531 g/mol. The second-order valence-electron chi connectivity index (χ2n) is 11.2. The number of benzene rings is 2. The van der Waals surface area contributed by atoms with Crippen molar-refractivity contribution in [3.63, 3.8) is 0 Å². The number of likely N-dealkylation sites (tertiary alicyclic amines) is 1. The van der Waals surface area contributed by atoms with Crippen molar-refractivity contribution in [1.29, 1.82) is 0 Å². The molecule has 0 bridgehead atoms. The van der Waals surface area contributed by atoms with Crippen LogP contribution in [0.2, 0.25) is 5.02 Å². The van der Waals surface area contributed by atoms with Gasteiger partial charge in [-0.15, -0.1) is 0 Å². The third-order valence-electron chi connectivity index (χ3n) is 8.47. The van der Waals surface area contributed by atoms with Crippen LogP contribution in [0.15, 0.2) is 60.3 Å². The molecule has 214 valence electrons. The van der Waals surface area contributed by atoms with Gasteiger partial charge >= 0.3 is 5.97 Å². The molecule has 6 nitrogen and oxygen atoms in total. The van der Waals surface area contributed by atoms with E-state index in [1.54, 1.807) is 18.2 Å². The summed E-state index contributed by atoms with van der Waals surface area (Å²) in [4.78, 5) is 15.8. The number of hydrogen-bond donors (Lipinski definition) is 1. The van der Waals surface area contributed by atoms with Crippen molar-refractivity contribution in [1.82, 2.24) is 9.80 Å². The van der Waals surface area contributed by atoms with Gasteiger partial charge in [0.25, 0.3) is 0 Å². The third kappa shape index (κ3) is 6.37. The highest BCUT2D eigenvalue weighted by Crippen LogP contribution is 2.47. The topological polar surface area (TPSA) is 62.2 Å². The van der Waals surface area contributed by atoms with Gasteiger partial charge < -0.3 is 24.4 Å². The van der Waals surface area contributed by atoms with Gasteiger partial charge in [-0.25, -0.2) is 9.18 Å². The number of piperidine rings is 1. The van der Waals surface area contributed by atoms with Gasteiger partial charge in [-0.3, -0.25) is 0 Å². The molecule has 0 aliphatic carbocycles. The Morgan fingerprint density at radius 3 is 2.65 bits per heavy atom. The molecular formula is C32H38ClFN2O4. The molecule has 2 fully saturated rings. The molecule has 1 unspecified atom stereocenters. The third-order valence-corrected chi connectivity index (χ3v) is 8.71. The molecule has 3 heterocycles. The predicted octanol–water partition coefficient (Wildman–Crippen LogP) is 6.14. The zero-order chi connectivity index (χ0) is 28.3. The molecule has 0 radical (unpaired) electrons. The summed E-state index contributed by atoms with van der Waals surface area (Å²) in [5.41, 5.74) is 3.02. The Kier molecular flexibility index (Phi) is 8.83. The van der Waals surface area contributed by atoms with Crippen molar-refractivity contribution < 1.29 is 23.8 Å². The van der Waals surface area contributed by atoms with Crippen LogP contribution in [-0.2, 0) is 21.6 Å². The lowest BCUT2D eigenvalue weighted by molar-refractivity contribution is -0.131. The first-order chi connectivity index (χ1) is 19.3. The van der Waals surface area contributed by atoms with Gasteiger partial charge in [0.1, 0.15) is 17.2 Å². The van der Waals surface area contributed by atoms with Crippen molar-refractivity contribution in [2.45, 2.75) is 57.2 Å². The number of nitrogens with zero attached hydrogens (tertiary/aromatic N) is 2. The van der Waals surface area contributed by atoms with E-state index < -0.39 is 11.6 Å². The van der Waals surface area contributed by atoms with E-state index in [2.05, 4.69) is 28.0 Å². The highest BCUT2D eigenvalue weighted by atomic mass is 35.5. The Morgan fingerprint density at radius 2 is 2.00 bits per heavy atom. The first kappa shape index (κ1) is 28.7. The Labute approximate surface area is 241 Å². The maximum Gasteiger partial charge on any atom is 0.328 e. The number of halogens is 2. The van der Waals surface area contributed by atoms with Gasteiger partial charge in [0, 0.05) is 55.0 Å². The highest BCUT2D eigenvalue weighted by molar-refractivity contribution is 6.30. The van der Waals surface area contributed by atoms with Crippen LogP contribution in [0.1, 0.15) is 55.7 Å². The Morgan fingerprint density at radius 1 is 1.23 bits per heavy atom. The number of para-hydroxylation sites is 1. The molecule has 2 aromatic rings. The smallest absolute Gasteiger partial charge is 0.328 e. The van der Waals surface area contributed by atoms with Crippen LogP contribution in [0.3, 0.4) is 0 Å². The molecule has 8 heteroatoms. The van der Waals surface area contributed by atoms with Crippen LogP contribution in [0.4, 0.5) is 4.39 Å². The lowest BCUT2D eigenvalue weighted by Gasteiger charge is -2.37. The molecule has 2 aromatic carbocycles. The number of ether oxygens (including phenoxy) is 2. The van der Waals surface area contributed by atoms with Gasteiger partial charge in [-0.2, -0.15) is 0 Å². The van der Waals surface area contributed by atoms with Crippen molar-refractivity contribution >= 4 is 17.6 Å². The molecule has 0 amide bonds. The van der Waals surface area contributed by atoms with E-state index in [-0.39, 0.29) is 11.9 Å². The van der Waals surface area contributed by atoms with E-state index in [0.29, 0.717) is 22.9 Å². The summed E-state index contributed by atoms with van der Waals surface area (Å²) in [5, 5.41) is 9.48. The van der Waals surface area contributed by atoms with Crippen molar-refractivity contribution in [2.75, 3.05) is 39.3 Å². The van der Waals surface area contributed by atoms with Crippen LogP contribution in [0.25, 0.3) is 0 Å². The molecule has 5 rings (SSSR count). The minimum absolute atomic E-state index is 0.200. The predicted molar refractivity (Wildman–Crippen MR) is 154 cm³/mol. The lowest BCUT2D eigenvalue weighted by Crippen LogP contribution is -2.43. The first-order valence-electron chi connectivity index (χ1n) is 14.2. The van der Waals surface area contributed by atoms with E-state index in [4.69, 9.17) is 26.2 Å². The normalized spacial score (nSPS) is 23.6. The second kappa shape index (κ2) is 12.3. The fraction of sp³-hybridized carbons (Fsp3) is 0.469. The summed E-state index contributed by atoms with van der Waals surface area (Å²) in [7, 11) is 0. The Bertz CT molecular complexity index is 1290. The minimum atomic E-state index is -0.948. The van der Waals surface area contributed by atoms with E-state index in [0.717, 1.165) is 75.6 Å². The SMILES string of the molecule is C/C=C(\C=C\C(=O)O)N(CCN1CCC(c2cccc3c2OC(C)(c2ccc(Cl)cc2F)C3)CC1)C[C@@H]1CCO1. The monoisotopic (exact) mass is 568 g/mol. The molecule has 0 spiro atoms. The fourth-order valence-corrected chi connectivity index (χ4v) is 6.31. The quantitative estimate of drug-likeness (QED) is 0.274. The van der Waals surface area contributed by atoms with Crippen molar-refractivity contribution in [2.24, 2.45) is 0 Å². The Hall–Kier alpha value is -2.87. The van der Waals surface area contributed by atoms with Crippen LogP contribution in [0, 0.1) is 5.82 Å².